The second-order valence-corrected chi connectivity index (χ2v) is 3.36. The third-order valence-electron chi connectivity index (χ3n) is 2.20. The van der Waals surface area contributed by atoms with Gasteiger partial charge in [0.2, 0.25) is 0 Å². The predicted molar refractivity (Wildman–Crippen MR) is 64.2 cm³/mol. The van der Waals surface area contributed by atoms with E-state index in [1.807, 2.05) is 18.2 Å². The van der Waals surface area contributed by atoms with Crippen molar-refractivity contribution in [1.29, 1.82) is 0 Å². The van der Waals surface area contributed by atoms with E-state index in [0.29, 0.717) is 11.5 Å². The maximum atomic E-state index is 11.5. The van der Waals surface area contributed by atoms with Gasteiger partial charge in [0.05, 0.1) is 0 Å². The molecule has 0 aliphatic rings. The molecule has 0 unspecified atom stereocenters. The topological polar surface area (TPSA) is 65.0 Å². The largest absolute Gasteiger partial charge is 0.456 e. The van der Waals surface area contributed by atoms with E-state index >= 15 is 0 Å². The maximum Gasteiger partial charge on any atom is 0.373 e. The van der Waals surface area contributed by atoms with Crippen LogP contribution in [0, 0.1) is 4.91 Å². The molecule has 0 bridgehead atoms. The molecule has 0 spiro atoms. The summed E-state index contributed by atoms with van der Waals surface area (Å²) in [4.78, 5) is 25.4. The monoisotopic (exact) mass is 243 g/mol. The lowest BCUT2D eigenvalue weighted by Crippen LogP contribution is -2.02. The highest BCUT2D eigenvalue weighted by Crippen LogP contribution is 2.25. The van der Waals surface area contributed by atoms with Crippen molar-refractivity contribution >= 4 is 5.97 Å². The van der Waals surface area contributed by atoms with Gasteiger partial charge in [-0.3, -0.25) is 4.84 Å². The number of benzene rings is 2. The second-order valence-electron chi connectivity index (χ2n) is 3.36. The van der Waals surface area contributed by atoms with E-state index in [2.05, 4.69) is 10.2 Å². The summed E-state index contributed by atoms with van der Waals surface area (Å²) in [5.74, 6) is 0.0330. The van der Waals surface area contributed by atoms with Crippen LogP contribution in [-0.4, -0.2) is 5.97 Å². The molecular formula is C13H9NO4. The number of nitrogens with zero attached hydrogens (tertiary/aromatic N) is 1. The van der Waals surface area contributed by atoms with Crippen LogP contribution in [0.4, 0.5) is 0 Å². The van der Waals surface area contributed by atoms with Gasteiger partial charge in [0.15, 0.2) is 5.34 Å². The average molecular weight is 243 g/mol. The summed E-state index contributed by atoms with van der Waals surface area (Å²) in [5, 5.41) is 2.11. The highest BCUT2D eigenvalue weighted by atomic mass is 16.7. The lowest BCUT2D eigenvalue weighted by atomic mass is 10.2. The first kappa shape index (κ1) is 11.8. The Hall–Kier alpha value is -2.69. The molecule has 5 nitrogen and oxygen atoms in total. The number of rotatable bonds is 4. The zero-order chi connectivity index (χ0) is 12.8. The van der Waals surface area contributed by atoms with Crippen molar-refractivity contribution in [3.63, 3.8) is 0 Å². The van der Waals surface area contributed by atoms with Crippen molar-refractivity contribution < 1.29 is 14.4 Å². The van der Waals surface area contributed by atoms with Crippen LogP contribution in [0.3, 0.4) is 0 Å². The van der Waals surface area contributed by atoms with Gasteiger partial charge in [0.25, 0.3) is 0 Å². The molecule has 0 fully saturated rings. The van der Waals surface area contributed by atoms with E-state index in [1.165, 1.54) is 6.07 Å². The fraction of sp³-hybridized carbons (Fsp3) is 0. The minimum Gasteiger partial charge on any atom is -0.456 e. The molecule has 0 aromatic heterocycles. The molecule has 0 aliphatic carbocycles. The Bertz CT molecular complexity index is 554. The third kappa shape index (κ3) is 2.70. The number of para-hydroxylation sites is 2. The SMILES string of the molecule is O=NOC(=O)c1ccccc1Oc1ccccc1. The zero-order valence-corrected chi connectivity index (χ0v) is 9.28. The molecule has 0 aliphatic heterocycles. The van der Waals surface area contributed by atoms with Gasteiger partial charge in [-0.25, -0.2) is 4.79 Å². The molecule has 0 N–H and O–H groups in total. The molecule has 0 saturated carbocycles. The fourth-order valence-corrected chi connectivity index (χ4v) is 1.42. The summed E-state index contributed by atoms with van der Waals surface area (Å²) in [6.07, 6.45) is 0. The van der Waals surface area contributed by atoms with E-state index in [4.69, 9.17) is 4.74 Å². The number of hydrogen-bond acceptors (Lipinski definition) is 5. The van der Waals surface area contributed by atoms with Crippen LogP contribution in [0.2, 0.25) is 0 Å². The van der Waals surface area contributed by atoms with Crippen molar-refractivity contribution in [3.8, 4) is 11.5 Å². The summed E-state index contributed by atoms with van der Waals surface area (Å²) < 4.78 is 5.53. The Kier molecular flexibility index (Phi) is 3.66. The molecular weight excluding hydrogens is 234 g/mol. The van der Waals surface area contributed by atoms with Gasteiger partial charge in [-0.2, -0.15) is 0 Å². The summed E-state index contributed by atoms with van der Waals surface area (Å²) in [6.45, 7) is 0. The van der Waals surface area contributed by atoms with E-state index < -0.39 is 5.97 Å². The van der Waals surface area contributed by atoms with Crippen LogP contribution in [-0.2, 0) is 4.84 Å². The van der Waals surface area contributed by atoms with Crippen molar-refractivity contribution in [2.24, 2.45) is 5.34 Å². The van der Waals surface area contributed by atoms with Crippen LogP contribution >= 0.6 is 0 Å². The Morgan fingerprint density at radius 1 is 0.944 bits per heavy atom. The van der Waals surface area contributed by atoms with Crippen LogP contribution in [0.1, 0.15) is 10.4 Å². The van der Waals surface area contributed by atoms with Crippen LogP contribution in [0.5, 0.6) is 11.5 Å². The number of hydrogen-bond donors (Lipinski definition) is 0. The van der Waals surface area contributed by atoms with Crippen molar-refractivity contribution in [1.82, 2.24) is 0 Å². The van der Waals surface area contributed by atoms with Gasteiger partial charge < -0.3 is 4.74 Å². The van der Waals surface area contributed by atoms with Crippen molar-refractivity contribution in [2.75, 3.05) is 0 Å². The number of carbonyl (C=O) groups excluding carboxylic acids is 1. The first-order valence-electron chi connectivity index (χ1n) is 5.17. The van der Waals surface area contributed by atoms with E-state index in [-0.39, 0.29) is 5.56 Å². The van der Waals surface area contributed by atoms with Gasteiger partial charge in [-0.15, -0.1) is 4.91 Å². The molecule has 2 rings (SSSR count). The molecule has 5 heteroatoms. The van der Waals surface area contributed by atoms with Gasteiger partial charge >= 0.3 is 5.97 Å². The smallest absolute Gasteiger partial charge is 0.373 e. The molecule has 0 heterocycles. The first-order valence-corrected chi connectivity index (χ1v) is 5.17. The van der Waals surface area contributed by atoms with Gasteiger partial charge in [-0.05, 0) is 24.3 Å². The summed E-state index contributed by atoms with van der Waals surface area (Å²) >= 11 is 0. The van der Waals surface area contributed by atoms with E-state index in [1.54, 1.807) is 30.3 Å². The van der Waals surface area contributed by atoms with Crippen LogP contribution in [0.25, 0.3) is 0 Å². The Balaban J connectivity index is 2.28. The lowest BCUT2D eigenvalue weighted by molar-refractivity contribution is 0.0505. The molecule has 0 radical (unpaired) electrons. The van der Waals surface area contributed by atoms with Crippen molar-refractivity contribution in [2.45, 2.75) is 0 Å². The van der Waals surface area contributed by atoms with Gasteiger partial charge in [-0.1, -0.05) is 30.3 Å². The minimum atomic E-state index is -0.850. The molecule has 0 saturated heterocycles. The Morgan fingerprint density at radius 3 is 2.33 bits per heavy atom. The minimum absolute atomic E-state index is 0.140. The molecule has 2 aromatic carbocycles. The average Bonchev–Trinajstić information content (AvgIpc) is 2.41. The third-order valence-corrected chi connectivity index (χ3v) is 2.20. The van der Waals surface area contributed by atoms with Crippen molar-refractivity contribution in [3.05, 3.63) is 65.1 Å². The predicted octanol–water partition coefficient (Wildman–Crippen LogP) is 3.32. The number of carbonyl (C=O) groups is 1. The highest BCUT2D eigenvalue weighted by molar-refractivity contribution is 5.92. The summed E-state index contributed by atoms with van der Waals surface area (Å²) in [5.41, 5.74) is 0.140. The molecule has 0 atom stereocenters. The highest BCUT2D eigenvalue weighted by Gasteiger charge is 2.14. The van der Waals surface area contributed by atoms with E-state index in [9.17, 15) is 9.70 Å². The molecule has 90 valence electrons. The number of ether oxygens (including phenoxy) is 1. The second kappa shape index (κ2) is 5.58. The first-order chi connectivity index (χ1) is 8.81. The molecule has 18 heavy (non-hydrogen) atoms. The van der Waals surface area contributed by atoms with Crippen LogP contribution < -0.4 is 4.74 Å². The maximum absolute atomic E-state index is 11.5. The molecule has 2 aromatic rings. The van der Waals surface area contributed by atoms with Crippen LogP contribution in [0.15, 0.2) is 59.9 Å². The molecule has 0 amide bonds. The summed E-state index contributed by atoms with van der Waals surface area (Å²) in [7, 11) is 0. The quantitative estimate of drug-likeness (QED) is 0.610. The Morgan fingerprint density at radius 2 is 1.61 bits per heavy atom. The fourth-order valence-electron chi connectivity index (χ4n) is 1.42. The van der Waals surface area contributed by atoms with E-state index in [0.717, 1.165) is 0 Å². The van der Waals surface area contributed by atoms with Gasteiger partial charge in [0, 0.05) is 0 Å². The zero-order valence-electron chi connectivity index (χ0n) is 9.28. The van der Waals surface area contributed by atoms with Gasteiger partial charge in [0.1, 0.15) is 17.1 Å². The standard InChI is InChI=1S/C13H9NO4/c15-13(18-14-16)11-8-4-5-9-12(11)17-10-6-2-1-3-7-10/h1-9H. The normalized spacial score (nSPS) is 9.56. The Labute approximate surface area is 103 Å². The summed E-state index contributed by atoms with van der Waals surface area (Å²) in [6, 6.07) is 15.4. The lowest BCUT2D eigenvalue weighted by Gasteiger charge is -2.08.